The van der Waals surface area contributed by atoms with Gasteiger partial charge < -0.3 is 14.5 Å². The number of amides is 2. The third-order valence-electron chi connectivity index (χ3n) is 5.43. The van der Waals surface area contributed by atoms with E-state index in [4.69, 9.17) is 16.3 Å². The van der Waals surface area contributed by atoms with Crippen molar-refractivity contribution >= 4 is 40.6 Å². The zero-order chi connectivity index (χ0) is 21.3. The Balaban J connectivity index is 1.45. The summed E-state index contributed by atoms with van der Waals surface area (Å²) in [6.07, 6.45) is 0. The standard InChI is InChI=1S/C22H22ClN3O4/c1-15(27)16-6-7-20-19(12-16)26(22(29)14-30-20)13-21(28)25-10-8-24(9-11-25)18-5-3-2-4-17(18)23/h2-7,12H,8-11,13-14H2,1H3. The van der Waals surface area contributed by atoms with Crippen LogP contribution in [0.1, 0.15) is 17.3 Å². The maximum absolute atomic E-state index is 12.9. The molecule has 156 valence electrons. The summed E-state index contributed by atoms with van der Waals surface area (Å²) in [7, 11) is 0. The van der Waals surface area contributed by atoms with Gasteiger partial charge in [-0.3, -0.25) is 19.3 Å². The quantitative estimate of drug-likeness (QED) is 0.701. The summed E-state index contributed by atoms with van der Waals surface area (Å²) in [6, 6.07) is 12.6. The molecule has 1 saturated heterocycles. The maximum Gasteiger partial charge on any atom is 0.265 e. The first-order valence-corrected chi connectivity index (χ1v) is 10.2. The lowest BCUT2D eigenvalue weighted by molar-refractivity contribution is -0.132. The molecule has 2 aromatic carbocycles. The minimum Gasteiger partial charge on any atom is -0.482 e. The number of benzene rings is 2. The van der Waals surface area contributed by atoms with Crippen molar-refractivity contribution in [1.82, 2.24) is 4.90 Å². The molecule has 1 fully saturated rings. The fourth-order valence-electron chi connectivity index (χ4n) is 3.73. The average Bonchev–Trinajstić information content (AvgIpc) is 2.75. The molecule has 8 heteroatoms. The summed E-state index contributed by atoms with van der Waals surface area (Å²) in [4.78, 5) is 42.4. The highest BCUT2D eigenvalue weighted by Crippen LogP contribution is 2.33. The van der Waals surface area contributed by atoms with Crippen LogP contribution < -0.4 is 14.5 Å². The lowest BCUT2D eigenvalue weighted by atomic mass is 10.1. The zero-order valence-electron chi connectivity index (χ0n) is 16.6. The number of anilines is 2. The van der Waals surface area contributed by atoms with E-state index in [1.54, 1.807) is 23.1 Å². The Bertz CT molecular complexity index is 1000. The van der Waals surface area contributed by atoms with Gasteiger partial charge in [-0.1, -0.05) is 23.7 Å². The van der Waals surface area contributed by atoms with E-state index in [1.807, 2.05) is 24.3 Å². The van der Waals surface area contributed by atoms with Crippen molar-refractivity contribution < 1.29 is 19.1 Å². The Morgan fingerprint density at radius 3 is 2.47 bits per heavy atom. The van der Waals surface area contributed by atoms with Gasteiger partial charge in [0.2, 0.25) is 5.91 Å². The van der Waals surface area contributed by atoms with Gasteiger partial charge in [0.05, 0.1) is 16.4 Å². The Morgan fingerprint density at radius 1 is 1.03 bits per heavy atom. The van der Waals surface area contributed by atoms with Gasteiger partial charge in [0.25, 0.3) is 5.91 Å². The lowest BCUT2D eigenvalue weighted by Crippen LogP contribution is -2.53. The van der Waals surface area contributed by atoms with E-state index in [-0.39, 0.29) is 30.7 Å². The molecule has 2 aliphatic rings. The molecule has 2 amide bonds. The molecule has 0 spiro atoms. The highest BCUT2D eigenvalue weighted by atomic mass is 35.5. The summed E-state index contributed by atoms with van der Waals surface area (Å²) in [5.41, 5.74) is 1.89. The van der Waals surface area contributed by atoms with Crippen LogP contribution in [0.5, 0.6) is 5.75 Å². The van der Waals surface area contributed by atoms with Gasteiger partial charge in [0.15, 0.2) is 12.4 Å². The molecule has 0 unspecified atom stereocenters. The number of carbonyl (C=O) groups excluding carboxylic acids is 3. The number of Topliss-reactive ketones (excluding diaryl/α,β-unsaturated/α-hetero) is 1. The van der Waals surface area contributed by atoms with E-state index in [0.29, 0.717) is 48.2 Å². The van der Waals surface area contributed by atoms with Crippen molar-refractivity contribution in [2.75, 3.05) is 49.1 Å². The van der Waals surface area contributed by atoms with Crippen LogP contribution in [0.4, 0.5) is 11.4 Å². The number of hydrogen-bond acceptors (Lipinski definition) is 5. The maximum atomic E-state index is 12.9. The van der Waals surface area contributed by atoms with Crippen molar-refractivity contribution in [2.45, 2.75) is 6.92 Å². The number of fused-ring (bicyclic) bond motifs is 1. The summed E-state index contributed by atoms with van der Waals surface area (Å²) < 4.78 is 5.46. The van der Waals surface area contributed by atoms with Gasteiger partial charge in [-0.05, 0) is 37.3 Å². The molecule has 0 aromatic heterocycles. The van der Waals surface area contributed by atoms with E-state index in [9.17, 15) is 14.4 Å². The van der Waals surface area contributed by atoms with Crippen LogP contribution >= 0.6 is 11.6 Å². The second-order valence-electron chi connectivity index (χ2n) is 7.33. The second-order valence-corrected chi connectivity index (χ2v) is 7.73. The fourth-order valence-corrected chi connectivity index (χ4v) is 3.99. The Kier molecular flexibility index (Phi) is 5.63. The van der Waals surface area contributed by atoms with Crippen LogP contribution in [0.15, 0.2) is 42.5 Å². The number of ketones is 1. The third kappa shape index (κ3) is 3.98. The minimum atomic E-state index is -0.300. The monoisotopic (exact) mass is 427 g/mol. The molecule has 0 aliphatic carbocycles. The number of nitrogens with zero attached hydrogens (tertiary/aromatic N) is 3. The first-order valence-electron chi connectivity index (χ1n) is 9.79. The fraction of sp³-hybridized carbons (Fsp3) is 0.318. The number of ether oxygens (including phenoxy) is 1. The minimum absolute atomic E-state index is 0.0807. The van der Waals surface area contributed by atoms with E-state index in [2.05, 4.69) is 4.90 Å². The molecule has 0 atom stereocenters. The molecule has 7 nitrogen and oxygen atoms in total. The number of carbonyl (C=O) groups is 3. The first-order chi connectivity index (χ1) is 14.4. The SMILES string of the molecule is CC(=O)c1ccc2c(c1)N(CC(=O)N1CCN(c3ccccc3Cl)CC1)C(=O)CO2. The number of para-hydroxylation sites is 1. The Labute approximate surface area is 179 Å². The predicted octanol–water partition coefficient (Wildman–Crippen LogP) is 2.62. The predicted molar refractivity (Wildman–Crippen MR) is 115 cm³/mol. The highest BCUT2D eigenvalue weighted by molar-refractivity contribution is 6.33. The van der Waals surface area contributed by atoms with Crippen LogP contribution in [-0.2, 0) is 9.59 Å². The topological polar surface area (TPSA) is 70.2 Å². The summed E-state index contributed by atoms with van der Waals surface area (Å²) in [5.74, 6) is -0.0526. The number of piperazine rings is 1. The van der Waals surface area contributed by atoms with Gasteiger partial charge in [-0.25, -0.2) is 0 Å². The van der Waals surface area contributed by atoms with E-state index in [0.717, 1.165) is 5.69 Å². The van der Waals surface area contributed by atoms with Crippen molar-refractivity contribution in [3.05, 3.63) is 53.1 Å². The van der Waals surface area contributed by atoms with Crippen LogP contribution in [0.3, 0.4) is 0 Å². The first kappa shape index (κ1) is 20.2. The number of rotatable bonds is 4. The summed E-state index contributed by atoms with van der Waals surface area (Å²) >= 11 is 6.28. The van der Waals surface area contributed by atoms with Crippen LogP contribution in [0.2, 0.25) is 5.02 Å². The van der Waals surface area contributed by atoms with Crippen molar-refractivity contribution in [3.8, 4) is 5.75 Å². The molecule has 0 N–H and O–H groups in total. The van der Waals surface area contributed by atoms with Crippen LogP contribution in [-0.4, -0.2) is 61.8 Å². The molecule has 0 radical (unpaired) electrons. The van der Waals surface area contributed by atoms with Crippen LogP contribution in [0, 0.1) is 0 Å². The molecule has 4 rings (SSSR count). The third-order valence-corrected chi connectivity index (χ3v) is 5.75. The van der Waals surface area contributed by atoms with Gasteiger partial charge in [-0.2, -0.15) is 0 Å². The summed E-state index contributed by atoms with van der Waals surface area (Å²) in [5, 5.41) is 0.689. The van der Waals surface area contributed by atoms with Gasteiger partial charge >= 0.3 is 0 Å². The summed E-state index contributed by atoms with van der Waals surface area (Å²) in [6.45, 7) is 3.67. The molecule has 2 aromatic rings. The number of hydrogen-bond donors (Lipinski definition) is 0. The van der Waals surface area contributed by atoms with Gasteiger partial charge in [0, 0.05) is 31.7 Å². The van der Waals surface area contributed by atoms with Crippen molar-refractivity contribution in [1.29, 1.82) is 0 Å². The molecule has 2 heterocycles. The lowest BCUT2D eigenvalue weighted by Gasteiger charge is -2.38. The Hall–Kier alpha value is -3.06. The molecule has 30 heavy (non-hydrogen) atoms. The van der Waals surface area contributed by atoms with Gasteiger partial charge in [-0.15, -0.1) is 0 Å². The molecule has 0 saturated carbocycles. The molecular formula is C22H22ClN3O4. The molecule has 2 aliphatic heterocycles. The zero-order valence-corrected chi connectivity index (χ0v) is 17.4. The van der Waals surface area contributed by atoms with E-state index < -0.39 is 0 Å². The van der Waals surface area contributed by atoms with Crippen molar-refractivity contribution in [2.24, 2.45) is 0 Å². The smallest absolute Gasteiger partial charge is 0.265 e. The molecular weight excluding hydrogens is 406 g/mol. The van der Waals surface area contributed by atoms with E-state index in [1.165, 1.54) is 11.8 Å². The normalized spacial score (nSPS) is 16.2. The highest BCUT2D eigenvalue weighted by Gasteiger charge is 2.30. The average molecular weight is 428 g/mol. The van der Waals surface area contributed by atoms with Gasteiger partial charge in [0.1, 0.15) is 12.3 Å². The molecule has 0 bridgehead atoms. The van der Waals surface area contributed by atoms with Crippen LogP contribution in [0.25, 0.3) is 0 Å². The second kappa shape index (κ2) is 8.36. The Morgan fingerprint density at radius 2 is 1.77 bits per heavy atom. The largest absolute Gasteiger partial charge is 0.482 e. The van der Waals surface area contributed by atoms with Crippen molar-refractivity contribution in [3.63, 3.8) is 0 Å². The van der Waals surface area contributed by atoms with E-state index >= 15 is 0 Å². The number of halogens is 1.